The quantitative estimate of drug-likeness (QED) is 0.802. The number of benzene rings is 1. The Bertz CT molecular complexity index is 554. The summed E-state index contributed by atoms with van der Waals surface area (Å²) >= 11 is 0. The zero-order valence-electron chi connectivity index (χ0n) is 14.7. The second-order valence-corrected chi connectivity index (χ2v) is 6.37. The molecule has 2 N–H and O–H groups in total. The maximum absolute atomic E-state index is 12.1. The molecule has 132 valence electrons. The van der Waals surface area contributed by atoms with Gasteiger partial charge in [0, 0.05) is 39.3 Å². The van der Waals surface area contributed by atoms with Crippen LogP contribution in [0.25, 0.3) is 0 Å². The average Bonchev–Trinajstić information content (AvgIpc) is 3.07. The molecule has 2 rings (SSSR count). The van der Waals surface area contributed by atoms with Crippen molar-refractivity contribution in [3.63, 3.8) is 0 Å². The van der Waals surface area contributed by atoms with Gasteiger partial charge in [-0.1, -0.05) is 18.2 Å². The van der Waals surface area contributed by atoms with E-state index in [4.69, 9.17) is 0 Å². The van der Waals surface area contributed by atoms with Gasteiger partial charge in [0.05, 0.1) is 0 Å². The number of carbonyl (C=O) groups excluding carboxylic acids is 2. The molecule has 1 aromatic rings. The van der Waals surface area contributed by atoms with Crippen molar-refractivity contribution in [2.75, 3.05) is 45.6 Å². The van der Waals surface area contributed by atoms with Crippen LogP contribution in [0.4, 0.5) is 10.5 Å². The zero-order chi connectivity index (χ0) is 17.4. The number of hydrogen-bond donors (Lipinski definition) is 2. The van der Waals surface area contributed by atoms with Gasteiger partial charge in [0.1, 0.15) is 0 Å². The number of urea groups is 1. The number of nitrogens with one attached hydrogen (secondary N) is 2. The molecular formula is C18H28N4O2. The Labute approximate surface area is 144 Å². The van der Waals surface area contributed by atoms with E-state index in [9.17, 15) is 9.59 Å². The minimum atomic E-state index is -0.194. The van der Waals surface area contributed by atoms with Gasteiger partial charge in [-0.05, 0) is 44.0 Å². The van der Waals surface area contributed by atoms with Crippen LogP contribution in [0.15, 0.2) is 24.3 Å². The van der Waals surface area contributed by atoms with Crippen molar-refractivity contribution in [3.05, 3.63) is 29.8 Å². The molecule has 0 aromatic heterocycles. The predicted octanol–water partition coefficient (Wildman–Crippen LogP) is 1.92. The molecule has 0 saturated carbocycles. The van der Waals surface area contributed by atoms with Crippen molar-refractivity contribution in [1.82, 2.24) is 15.1 Å². The smallest absolute Gasteiger partial charge is 0.319 e. The van der Waals surface area contributed by atoms with Crippen molar-refractivity contribution in [3.8, 4) is 0 Å². The highest BCUT2D eigenvalue weighted by atomic mass is 16.2. The van der Waals surface area contributed by atoms with E-state index in [-0.39, 0.29) is 11.9 Å². The molecular weight excluding hydrogens is 304 g/mol. The Hall–Kier alpha value is -2.08. The van der Waals surface area contributed by atoms with E-state index >= 15 is 0 Å². The van der Waals surface area contributed by atoms with Gasteiger partial charge < -0.3 is 20.4 Å². The van der Waals surface area contributed by atoms with Crippen molar-refractivity contribution in [2.45, 2.75) is 25.7 Å². The lowest BCUT2D eigenvalue weighted by molar-refractivity contribution is -0.128. The number of hydrogen-bond acceptors (Lipinski definition) is 3. The molecule has 1 aromatic carbocycles. The first-order valence-electron chi connectivity index (χ1n) is 8.61. The lowest BCUT2D eigenvalue weighted by Crippen LogP contribution is -2.36. The number of para-hydroxylation sites is 1. The highest BCUT2D eigenvalue weighted by molar-refractivity contribution is 5.90. The van der Waals surface area contributed by atoms with E-state index in [0.29, 0.717) is 19.4 Å². The fourth-order valence-electron chi connectivity index (χ4n) is 2.83. The van der Waals surface area contributed by atoms with E-state index in [2.05, 4.69) is 15.5 Å². The molecule has 1 heterocycles. The minimum Gasteiger partial charge on any atom is -0.349 e. The number of likely N-dealkylation sites (tertiary alicyclic amines) is 1. The molecule has 0 aliphatic carbocycles. The molecule has 0 radical (unpaired) electrons. The number of rotatable bonds is 7. The Morgan fingerprint density at radius 1 is 1.17 bits per heavy atom. The summed E-state index contributed by atoms with van der Waals surface area (Å²) in [6.07, 6.45) is 3.56. The van der Waals surface area contributed by atoms with Crippen LogP contribution in [0.5, 0.6) is 0 Å². The third-order valence-electron chi connectivity index (χ3n) is 4.28. The average molecular weight is 332 g/mol. The van der Waals surface area contributed by atoms with Crippen LogP contribution in [-0.2, 0) is 11.2 Å². The largest absolute Gasteiger partial charge is 0.349 e. The number of nitrogens with zero attached hydrogens (tertiary/aromatic N) is 2. The molecule has 3 amide bonds. The number of anilines is 1. The lowest BCUT2D eigenvalue weighted by atomic mass is 10.1. The SMILES string of the molecule is CN(C)C(=O)CCc1ccccc1NC(=O)NCCN1CCCC1. The Morgan fingerprint density at radius 2 is 1.88 bits per heavy atom. The topological polar surface area (TPSA) is 64.7 Å². The van der Waals surface area contributed by atoms with Gasteiger partial charge in [-0.25, -0.2) is 4.79 Å². The van der Waals surface area contributed by atoms with Crippen molar-refractivity contribution in [2.24, 2.45) is 0 Å². The Balaban J connectivity index is 1.80. The van der Waals surface area contributed by atoms with E-state index in [1.165, 1.54) is 12.8 Å². The molecule has 0 bridgehead atoms. The maximum atomic E-state index is 12.1. The summed E-state index contributed by atoms with van der Waals surface area (Å²) in [6.45, 7) is 3.80. The van der Waals surface area contributed by atoms with Gasteiger partial charge in [-0.15, -0.1) is 0 Å². The first kappa shape index (κ1) is 18.3. The van der Waals surface area contributed by atoms with E-state index in [1.807, 2.05) is 24.3 Å². The van der Waals surface area contributed by atoms with Crippen molar-refractivity contribution in [1.29, 1.82) is 0 Å². The van der Waals surface area contributed by atoms with Gasteiger partial charge in [0.2, 0.25) is 5.91 Å². The highest BCUT2D eigenvalue weighted by Gasteiger charge is 2.12. The first-order valence-corrected chi connectivity index (χ1v) is 8.61. The van der Waals surface area contributed by atoms with Crippen molar-refractivity contribution >= 4 is 17.6 Å². The van der Waals surface area contributed by atoms with Crippen LogP contribution in [0, 0.1) is 0 Å². The summed E-state index contributed by atoms with van der Waals surface area (Å²) in [5.74, 6) is 0.0832. The van der Waals surface area contributed by atoms with Crippen LogP contribution < -0.4 is 10.6 Å². The first-order chi connectivity index (χ1) is 11.6. The van der Waals surface area contributed by atoms with Gasteiger partial charge in [-0.2, -0.15) is 0 Å². The second kappa shape index (κ2) is 9.27. The third-order valence-corrected chi connectivity index (χ3v) is 4.28. The van der Waals surface area contributed by atoms with Crippen LogP contribution in [0.1, 0.15) is 24.8 Å². The zero-order valence-corrected chi connectivity index (χ0v) is 14.7. The van der Waals surface area contributed by atoms with Gasteiger partial charge in [0.15, 0.2) is 0 Å². The summed E-state index contributed by atoms with van der Waals surface area (Å²) in [5, 5.41) is 5.80. The summed E-state index contributed by atoms with van der Waals surface area (Å²) in [5.41, 5.74) is 1.74. The molecule has 1 fully saturated rings. The fourth-order valence-corrected chi connectivity index (χ4v) is 2.83. The minimum absolute atomic E-state index is 0.0832. The standard InChI is InChI=1S/C18H28N4O2/c1-21(2)17(23)10-9-15-7-3-4-8-16(15)20-18(24)19-11-14-22-12-5-6-13-22/h3-4,7-8H,5-6,9-14H2,1-2H3,(H2,19,20,24). The fraction of sp³-hybridized carbons (Fsp3) is 0.556. The summed E-state index contributed by atoms with van der Waals surface area (Å²) in [7, 11) is 3.50. The molecule has 1 aliphatic heterocycles. The van der Waals surface area contributed by atoms with Crippen LogP contribution in [-0.4, -0.2) is 62.0 Å². The summed E-state index contributed by atoms with van der Waals surface area (Å²) in [6, 6.07) is 7.43. The second-order valence-electron chi connectivity index (χ2n) is 6.37. The molecule has 24 heavy (non-hydrogen) atoms. The monoisotopic (exact) mass is 332 g/mol. The molecule has 1 saturated heterocycles. The number of carbonyl (C=O) groups is 2. The van der Waals surface area contributed by atoms with Crippen molar-refractivity contribution < 1.29 is 9.59 Å². The molecule has 0 spiro atoms. The lowest BCUT2D eigenvalue weighted by Gasteiger charge is -2.16. The van der Waals surface area contributed by atoms with Gasteiger partial charge in [0.25, 0.3) is 0 Å². The molecule has 6 heteroatoms. The summed E-state index contributed by atoms with van der Waals surface area (Å²) in [4.78, 5) is 27.8. The van der Waals surface area contributed by atoms with Crippen LogP contribution >= 0.6 is 0 Å². The molecule has 1 aliphatic rings. The van der Waals surface area contributed by atoms with E-state index in [0.717, 1.165) is 30.9 Å². The summed E-state index contributed by atoms with van der Waals surface area (Å²) < 4.78 is 0. The van der Waals surface area contributed by atoms with E-state index in [1.54, 1.807) is 19.0 Å². The van der Waals surface area contributed by atoms with Gasteiger partial charge >= 0.3 is 6.03 Å². The Kier molecular flexibility index (Phi) is 7.06. The van der Waals surface area contributed by atoms with Crippen LogP contribution in [0.3, 0.4) is 0 Å². The van der Waals surface area contributed by atoms with Crippen LogP contribution in [0.2, 0.25) is 0 Å². The highest BCUT2D eigenvalue weighted by Crippen LogP contribution is 2.17. The Morgan fingerprint density at radius 3 is 2.58 bits per heavy atom. The maximum Gasteiger partial charge on any atom is 0.319 e. The predicted molar refractivity (Wildman–Crippen MR) is 96.2 cm³/mol. The number of amides is 3. The van der Waals surface area contributed by atoms with E-state index < -0.39 is 0 Å². The molecule has 6 nitrogen and oxygen atoms in total. The van der Waals surface area contributed by atoms with Gasteiger partial charge in [-0.3, -0.25) is 4.79 Å². The number of aryl methyl sites for hydroxylation is 1. The normalized spacial score (nSPS) is 14.4. The third kappa shape index (κ3) is 5.85. The molecule has 0 atom stereocenters. The molecule has 0 unspecified atom stereocenters.